The van der Waals surface area contributed by atoms with Gasteiger partial charge in [0.05, 0.1) is 17.5 Å². The molecule has 0 saturated carbocycles. The summed E-state index contributed by atoms with van der Waals surface area (Å²) in [7, 11) is 0. The molecule has 0 aliphatic carbocycles. The Morgan fingerprint density at radius 1 is 1.05 bits per heavy atom. The van der Waals surface area contributed by atoms with E-state index in [1.807, 2.05) is 32.0 Å². The first kappa shape index (κ1) is 15.1. The topological polar surface area (TPSA) is 35.8 Å². The molecule has 21 heavy (non-hydrogen) atoms. The van der Waals surface area contributed by atoms with E-state index in [1.165, 1.54) is 5.56 Å². The molecular formula is C19H22N2. The van der Waals surface area contributed by atoms with Gasteiger partial charge in [-0.3, -0.25) is 0 Å². The molecule has 0 radical (unpaired) electrons. The van der Waals surface area contributed by atoms with Gasteiger partial charge in [-0.15, -0.1) is 0 Å². The number of hydrogen-bond acceptors (Lipinski definition) is 2. The molecule has 0 amide bonds. The number of nitriles is 1. The Balaban J connectivity index is 2.15. The van der Waals surface area contributed by atoms with E-state index in [2.05, 4.69) is 54.7 Å². The predicted octanol–water partition coefficient (Wildman–Crippen LogP) is 5.05. The number of nitrogens with zero attached hydrogens (tertiary/aromatic N) is 1. The fourth-order valence-corrected chi connectivity index (χ4v) is 2.36. The van der Waals surface area contributed by atoms with Crippen molar-refractivity contribution in [2.75, 3.05) is 5.32 Å². The van der Waals surface area contributed by atoms with E-state index >= 15 is 0 Å². The summed E-state index contributed by atoms with van der Waals surface area (Å²) in [6, 6.07) is 21.3. The van der Waals surface area contributed by atoms with E-state index in [9.17, 15) is 5.26 Å². The third kappa shape index (κ3) is 3.64. The second-order valence-corrected chi connectivity index (χ2v) is 5.83. The van der Waals surface area contributed by atoms with Crippen molar-refractivity contribution in [3.63, 3.8) is 0 Å². The molecule has 1 atom stereocenters. The zero-order valence-corrected chi connectivity index (χ0v) is 12.9. The zero-order chi connectivity index (χ0) is 15.3. The number of anilines is 1. The molecule has 1 unspecified atom stereocenters. The van der Waals surface area contributed by atoms with E-state index in [0.29, 0.717) is 6.04 Å². The molecule has 1 N–H and O–H groups in total. The molecule has 0 bridgehead atoms. The summed E-state index contributed by atoms with van der Waals surface area (Å²) >= 11 is 0. The molecule has 2 aromatic rings. The van der Waals surface area contributed by atoms with Crippen LogP contribution in [-0.4, -0.2) is 0 Å². The van der Waals surface area contributed by atoms with E-state index in [-0.39, 0.29) is 0 Å². The number of benzene rings is 2. The summed E-state index contributed by atoms with van der Waals surface area (Å²) in [4.78, 5) is 0. The Labute approximate surface area is 127 Å². The van der Waals surface area contributed by atoms with Gasteiger partial charge in [-0.2, -0.15) is 5.26 Å². The maximum absolute atomic E-state index is 9.18. The fourth-order valence-electron chi connectivity index (χ4n) is 2.36. The zero-order valence-electron chi connectivity index (χ0n) is 12.9. The summed E-state index contributed by atoms with van der Waals surface area (Å²) in [6.45, 7) is 6.06. The van der Waals surface area contributed by atoms with Crippen LogP contribution in [0.4, 0.5) is 5.69 Å². The van der Waals surface area contributed by atoms with Gasteiger partial charge in [-0.1, -0.05) is 49.4 Å². The van der Waals surface area contributed by atoms with Crippen LogP contribution < -0.4 is 5.32 Å². The fraction of sp³-hybridized carbons (Fsp3) is 0.316. The molecule has 2 nitrogen and oxygen atoms in total. The van der Waals surface area contributed by atoms with Crippen molar-refractivity contribution < 1.29 is 0 Å². The Bertz CT molecular complexity index is 606. The van der Waals surface area contributed by atoms with Crippen molar-refractivity contribution in [2.45, 2.75) is 38.6 Å². The molecule has 0 aliphatic heterocycles. The lowest BCUT2D eigenvalue weighted by atomic mass is 9.86. The maximum atomic E-state index is 9.18. The van der Waals surface area contributed by atoms with Crippen LogP contribution in [0.2, 0.25) is 0 Å². The minimum absolute atomic E-state index is 0.307. The Kier molecular flexibility index (Phi) is 4.65. The molecule has 0 spiro atoms. The summed E-state index contributed by atoms with van der Waals surface area (Å²) in [6.07, 6.45) is 1.02. The summed E-state index contributed by atoms with van der Waals surface area (Å²) < 4.78 is 0. The molecule has 0 fully saturated rings. The third-order valence-electron chi connectivity index (χ3n) is 3.84. The maximum Gasteiger partial charge on any atom is 0.0766 e. The third-order valence-corrected chi connectivity index (χ3v) is 3.84. The van der Waals surface area contributed by atoms with E-state index in [4.69, 9.17) is 0 Å². The molecule has 2 rings (SSSR count). The molecule has 2 heteroatoms. The normalized spacial score (nSPS) is 12.5. The van der Waals surface area contributed by atoms with Gasteiger partial charge < -0.3 is 5.32 Å². The van der Waals surface area contributed by atoms with Gasteiger partial charge in [-0.25, -0.2) is 0 Å². The Hall–Kier alpha value is -2.27. The molecule has 0 saturated heterocycles. The first-order valence-electron chi connectivity index (χ1n) is 7.40. The van der Waals surface area contributed by atoms with Gasteiger partial charge >= 0.3 is 0 Å². The lowest BCUT2D eigenvalue weighted by molar-refractivity contribution is 0.686. The van der Waals surface area contributed by atoms with E-state index in [0.717, 1.165) is 17.7 Å². The van der Waals surface area contributed by atoms with E-state index in [1.54, 1.807) is 0 Å². The molecule has 0 aliphatic rings. The lowest BCUT2D eigenvalue weighted by Gasteiger charge is -2.20. The summed E-state index contributed by atoms with van der Waals surface area (Å²) in [5.41, 5.74) is 2.98. The van der Waals surface area contributed by atoms with Crippen LogP contribution in [0.1, 0.15) is 44.4 Å². The summed E-state index contributed by atoms with van der Waals surface area (Å²) in [5.74, 6) is 0. The Morgan fingerprint density at radius 2 is 1.67 bits per heavy atom. The molecule has 0 heterocycles. The van der Waals surface area contributed by atoms with Crippen molar-refractivity contribution in [1.82, 2.24) is 0 Å². The van der Waals surface area contributed by atoms with Crippen LogP contribution in [0.5, 0.6) is 0 Å². The standard InChI is InChI=1S/C19H22N2/c1-4-18(15-8-6-5-7-9-15)21-17-12-10-16(11-13-17)19(2,3)14-20/h5-13,18,21H,4H2,1-3H3. The summed E-state index contributed by atoms with van der Waals surface area (Å²) in [5, 5.41) is 12.7. The van der Waals surface area contributed by atoms with Crippen LogP contribution in [-0.2, 0) is 5.41 Å². The van der Waals surface area contributed by atoms with Crippen LogP contribution in [0.15, 0.2) is 54.6 Å². The quantitative estimate of drug-likeness (QED) is 0.830. The monoisotopic (exact) mass is 278 g/mol. The Morgan fingerprint density at radius 3 is 2.19 bits per heavy atom. The van der Waals surface area contributed by atoms with E-state index < -0.39 is 5.41 Å². The van der Waals surface area contributed by atoms with Gasteiger partial charge in [0, 0.05) is 5.69 Å². The van der Waals surface area contributed by atoms with Gasteiger partial charge in [0.25, 0.3) is 0 Å². The number of nitrogens with one attached hydrogen (secondary N) is 1. The van der Waals surface area contributed by atoms with Gasteiger partial charge in [0.15, 0.2) is 0 Å². The SMILES string of the molecule is CCC(Nc1ccc(C(C)(C)C#N)cc1)c1ccccc1. The van der Waals surface area contributed by atoms with Crippen LogP contribution in [0.3, 0.4) is 0 Å². The second kappa shape index (κ2) is 6.45. The van der Waals surface area contributed by atoms with Crippen molar-refractivity contribution in [3.8, 4) is 6.07 Å². The highest BCUT2D eigenvalue weighted by molar-refractivity contribution is 5.48. The van der Waals surface area contributed by atoms with Crippen LogP contribution >= 0.6 is 0 Å². The molecule has 108 valence electrons. The minimum Gasteiger partial charge on any atom is -0.378 e. The average Bonchev–Trinajstić information content (AvgIpc) is 2.54. The van der Waals surface area contributed by atoms with Crippen molar-refractivity contribution >= 4 is 5.69 Å². The largest absolute Gasteiger partial charge is 0.378 e. The smallest absolute Gasteiger partial charge is 0.0766 e. The van der Waals surface area contributed by atoms with Crippen molar-refractivity contribution in [1.29, 1.82) is 5.26 Å². The van der Waals surface area contributed by atoms with Crippen LogP contribution in [0.25, 0.3) is 0 Å². The van der Waals surface area contributed by atoms with Gasteiger partial charge in [-0.05, 0) is 43.5 Å². The van der Waals surface area contributed by atoms with Crippen molar-refractivity contribution in [2.24, 2.45) is 0 Å². The number of hydrogen-bond donors (Lipinski definition) is 1. The average molecular weight is 278 g/mol. The highest BCUT2D eigenvalue weighted by Gasteiger charge is 2.19. The highest BCUT2D eigenvalue weighted by atomic mass is 14.9. The van der Waals surface area contributed by atoms with Gasteiger partial charge in [0.1, 0.15) is 0 Å². The first-order valence-corrected chi connectivity index (χ1v) is 7.40. The minimum atomic E-state index is -0.442. The predicted molar refractivity (Wildman–Crippen MR) is 88.2 cm³/mol. The number of rotatable bonds is 5. The lowest BCUT2D eigenvalue weighted by Crippen LogP contribution is -2.14. The first-order chi connectivity index (χ1) is 10.1. The van der Waals surface area contributed by atoms with Crippen molar-refractivity contribution in [3.05, 3.63) is 65.7 Å². The molecular weight excluding hydrogens is 256 g/mol. The van der Waals surface area contributed by atoms with Crippen LogP contribution in [0, 0.1) is 11.3 Å². The van der Waals surface area contributed by atoms with Gasteiger partial charge in [0.2, 0.25) is 0 Å². The molecule has 0 aromatic heterocycles. The highest BCUT2D eigenvalue weighted by Crippen LogP contribution is 2.26. The molecule has 2 aromatic carbocycles. The second-order valence-electron chi connectivity index (χ2n) is 5.83.